The molecular weight excluding hydrogens is 384 g/mol. The molecule has 0 saturated heterocycles. The standard InChI is InChI=1S/C23H28N2O5/c1-6-10-23(11-7-2,21-16(5)24-14(3)15(4)25-21)30-22(29)20(28)13-17-8-9-18(26)19(27)12-17/h6-9,12,20,26-28H,1-2,10-11,13H2,3-5H3/t20-/m0/s1. The molecule has 1 aromatic carbocycles. The van der Waals surface area contributed by atoms with E-state index in [1.807, 2.05) is 13.8 Å². The molecule has 0 radical (unpaired) electrons. The van der Waals surface area contributed by atoms with E-state index in [2.05, 4.69) is 23.1 Å². The van der Waals surface area contributed by atoms with Crippen molar-refractivity contribution in [3.05, 3.63) is 71.8 Å². The van der Waals surface area contributed by atoms with E-state index >= 15 is 0 Å². The second-order valence-corrected chi connectivity index (χ2v) is 7.27. The van der Waals surface area contributed by atoms with Crippen LogP contribution < -0.4 is 0 Å². The second-order valence-electron chi connectivity index (χ2n) is 7.27. The largest absolute Gasteiger partial charge is 0.504 e. The Labute approximate surface area is 176 Å². The number of aliphatic hydroxyl groups excluding tert-OH is 1. The van der Waals surface area contributed by atoms with Crippen molar-refractivity contribution in [1.29, 1.82) is 0 Å². The fourth-order valence-electron chi connectivity index (χ4n) is 3.28. The van der Waals surface area contributed by atoms with E-state index < -0.39 is 17.7 Å². The van der Waals surface area contributed by atoms with Crippen LogP contribution in [0.1, 0.15) is 41.2 Å². The third kappa shape index (κ3) is 5.04. The summed E-state index contributed by atoms with van der Waals surface area (Å²) in [5.74, 6) is -1.46. The number of aromatic nitrogens is 2. The molecule has 160 valence electrons. The first kappa shape index (κ1) is 23.1. The number of ether oxygens (including phenoxy) is 1. The molecule has 1 heterocycles. The van der Waals surface area contributed by atoms with Crippen LogP contribution in [0.3, 0.4) is 0 Å². The molecule has 0 amide bonds. The molecule has 0 aliphatic rings. The zero-order valence-electron chi connectivity index (χ0n) is 17.6. The summed E-state index contributed by atoms with van der Waals surface area (Å²) in [4.78, 5) is 21.9. The van der Waals surface area contributed by atoms with Crippen LogP contribution >= 0.6 is 0 Å². The maximum Gasteiger partial charge on any atom is 0.336 e. The highest BCUT2D eigenvalue weighted by Gasteiger charge is 2.39. The van der Waals surface area contributed by atoms with Crippen LogP contribution in [0.4, 0.5) is 0 Å². The highest BCUT2D eigenvalue weighted by Crippen LogP contribution is 2.36. The van der Waals surface area contributed by atoms with Gasteiger partial charge in [0, 0.05) is 19.3 Å². The van der Waals surface area contributed by atoms with Crippen LogP contribution in [0.5, 0.6) is 11.5 Å². The van der Waals surface area contributed by atoms with Crippen molar-refractivity contribution < 1.29 is 24.9 Å². The Balaban J connectivity index is 2.36. The average Bonchev–Trinajstić information content (AvgIpc) is 2.67. The van der Waals surface area contributed by atoms with Crippen molar-refractivity contribution >= 4 is 5.97 Å². The summed E-state index contributed by atoms with van der Waals surface area (Å²) in [5.41, 5.74) is 1.87. The number of aryl methyl sites for hydroxylation is 3. The van der Waals surface area contributed by atoms with Gasteiger partial charge in [-0.15, -0.1) is 13.2 Å². The molecule has 0 aliphatic heterocycles. The first-order valence-electron chi connectivity index (χ1n) is 9.59. The summed E-state index contributed by atoms with van der Waals surface area (Å²) in [6.07, 6.45) is 2.19. The summed E-state index contributed by atoms with van der Waals surface area (Å²) >= 11 is 0. The van der Waals surface area contributed by atoms with Crippen molar-refractivity contribution in [1.82, 2.24) is 9.97 Å². The molecule has 1 aromatic heterocycles. The lowest BCUT2D eigenvalue weighted by atomic mass is 9.89. The second kappa shape index (κ2) is 9.54. The fourth-order valence-corrected chi connectivity index (χ4v) is 3.28. The van der Waals surface area contributed by atoms with Crippen molar-refractivity contribution in [2.24, 2.45) is 0 Å². The van der Waals surface area contributed by atoms with Gasteiger partial charge < -0.3 is 20.1 Å². The number of carbonyl (C=O) groups excluding carboxylic acids is 1. The quantitative estimate of drug-likeness (QED) is 0.329. The highest BCUT2D eigenvalue weighted by atomic mass is 16.6. The zero-order valence-corrected chi connectivity index (χ0v) is 17.6. The van der Waals surface area contributed by atoms with Gasteiger partial charge in [0.1, 0.15) is 5.69 Å². The van der Waals surface area contributed by atoms with Crippen molar-refractivity contribution in [3.8, 4) is 11.5 Å². The number of aliphatic hydroxyl groups is 1. The molecule has 30 heavy (non-hydrogen) atoms. The summed E-state index contributed by atoms with van der Waals surface area (Å²) in [6, 6.07) is 4.08. The number of rotatable bonds is 9. The predicted octanol–water partition coefficient (Wildman–Crippen LogP) is 3.31. The lowest BCUT2D eigenvalue weighted by Gasteiger charge is -2.33. The van der Waals surface area contributed by atoms with E-state index in [9.17, 15) is 20.1 Å². The lowest BCUT2D eigenvalue weighted by Crippen LogP contribution is -2.38. The Morgan fingerprint density at radius 2 is 1.67 bits per heavy atom. The minimum atomic E-state index is -1.48. The molecule has 0 aliphatic carbocycles. The van der Waals surface area contributed by atoms with Gasteiger partial charge in [-0.05, 0) is 38.5 Å². The number of esters is 1. The molecule has 1 atom stereocenters. The maximum atomic E-state index is 12.8. The van der Waals surface area contributed by atoms with E-state index in [4.69, 9.17) is 4.74 Å². The molecular formula is C23H28N2O5. The highest BCUT2D eigenvalue weighted by molar-refractivity contribution is 5.75. The summed E-state index contributed by atoms with van der Waals surface area (Å²) < 4.78 is 5.82. The van der Waals surface area contributed by atoms with Gasteiger partial charge in [-0.1, -0.05) is 18.2 Å². The van der Waals surface area contributed by atoms with Gasteiger partial charge in [-0.3, -0.25) is 9.97 Å². The summed E-state index contributed by atoms with van der Waals surface area (Å²) in [7, 11) is 0. The van der Waals surface area contributed by atoms with Gasteiger partial charge in [0.2, 0.25) is 0 Å². The number of benzene rings is 1. The maximum absolute atomic E-state index is 12.8. The smallest absolute Gasteiger partial charge is 0.336 e. The normalized spacial score (nSPS) is 12.3. The number of phenolic OH excluding ortho intramolecular Hbond substituents is 2. The molecule has 2 rings (SSSR count). The van der Waals surface area contributed by atoms with Crippen molar-refractivity contribution in [2.45, 2.75) is 51.7 Å². The third-order valence-corrected chi connectivity index (χ3v) is 4.90. The first-order chi connectivity index (χ1) is 14.1. The molecule has 0 fully saturated rings. The SMILES string of the molecule is C=CCC(CC=C)(OC(=O)[C@@H](O)Cc1ccc(O)c(O)c1)c1nc(C)c(C)nc1C. The van der Waals surface area contributed by atoms with E-state index in [0.29, 0.717) is 22.6 Å². The molecule has 0 bridgehead atoms. The van der Waals surface area contributed by atoms with Crippen LogP contribution in [-0.4, -0.2) is 37.4 Å². The fraction of sp³-hybridized carbons (Fsp3) is 0.348. The number of nitrogens with zero attached hydrogens (tertiary/aromatic N) is 2. The number of hydrogen-bond acceptors (Lipinski definition) is 7. The van der Waals surface area contributed by atoms with Crippen molar-refractivity contribution in [2.75, 3.05) is 0 Å². The van der Waals surface area contributed by atoms with Gasteiger partial charge >= 0.3 is 5.97 Å². The van der Waals surface area contributed by atoms with Crippen LogP contribution in [-0.2, 0) is 21.6 Å². The minimum absolute atomic E-state index is 0.0947. The monoisotopic (exact) mass is 412 g/mol. The summed E-state index contributed by atoms with van der Waals surface area (Å²) in [5, 5.41) is 29.5. The number of carbonyl (C=O) groups is 1. The molecule has 0 spiro atoms. The molecule has 3 N–H and O–H groups in total. The molecule has 7 nitrogen and oxygen atoms in total. The topological polar surface area (TPSA) is 113 Å². The molecule has 7 heteroatoms. The molecule has 0 unspecified atom stereocenters. The lowest BCUT2D eigenvalue weighted by molar-refractivity contribution is -0.171. The Morgan fingerprint density at radius 1 is 1.07 bits per heavy atom. The van der Waals surface area contributed by atoms with Gasteiger partial charge in [-0.2, -0.15) is 0 Å². The van der Waals surface area contributed by atoms with Crippen LogP contribution in [0, 0.1) is 20.8 Å². The summed E-state index contributed by atoms with van der Waals surface area (Å²) in [6.45, 7) is 13.0. The number of hydrogen-bond donors (Lipinski definition) is 3. The third-order valence-electron chi connectivity index (χ3n) is 4.90. The number of phenols is 2. The van der Waals surface area contributed by atoms with Gasteiger partial charge in [0.25, 0.3) is 0 Å². The van der Waals surface area contributed by atoms with Gasteiger partial charge in [-0.25, -0.2) is 4.79 Å². The Hall–Kier alpha value is -3.19. The van der Waals surface area contributed by atoms with Gasteiger partial charge in [0.15, 0.2) is 23.2 Å². The molecule has 2 aromatic rings. The zero-order chi connectivity index (χ0) is 22.5. The van der Waals surface area contributed by atoms with E-state index in [1.54, 1.807) is 19.1 Å². The Morgan fingerprint density at radius 3 is 2.23 bits per heavy atom. The van der Waals surface area contributed by atoms with E-state index in [0.717, 1.165) is 5.69 Å². The predicted molar refractivity (Wildman–Crippen MR) is 113 cm³/mol. The van der Waals surface area contributed by atoms with E-state index in [1.165, 1.54) is 18.2 Å². The van der Waals surface area contributed by atoms with E-state index in [-0.39, 0.29) is 30.8 Å². The van der Waals surface area contributed by atoms with Crippen LogP contribution in [0.25, 0.3) is 0 Å². The first-order valence-corrected chi connectivity index (χ1v) is 9.59. The van der Waals surface area contributed by atoms with Gasteiger partial charge in [0.05, 0.1) is 17.1 Å². The Bertz CT molecular complexity index is 945. The minimum Gasteiger partial charge on any atom is -0.504 e. The molecule has 0 saturated carbocycles. The Kier molecular flexibility index (Phi) is 7.34. The van der Waals surface area contributed by atoms with Crippen LogP contribution in [0.2, 0.25) is 0 Å². The van der Waals surface area contributed by atoms with Crippen LogP contribution in [0.15, 0.2) is 43.5 Å². The van der Waals surface area contributed by atoms with Crippen molar-refractivity contribution in [3.63, 3.8) is 0 Å². The average molecular weight is 412 g/mol. The number of aromatic hydroxyl groups is 2.